The Labute approximate surface area is 141 Å². The van der Waals surface area contributed by atoms with Crippen LogP contribution in [0, 0.1) is 0 Å². The number of para-hydroxylation sites is 2. The van der Waals surface area contributed by atoms with Crippen LogP contribution in [0.3, 0.4) is 0 Å². The monoisotopic (exact) mass is 332 g/mol. The number of nitrogens with zero attached hydrogens (tertiary/aromatic N) is 3. The van der Waals surface area contributed by atoms with E-state index < -0.39 is 5.97 Å². The molecule has 2 N–H and O–H groups in total. The van der Waals surface area contributed by atoms with Crippen LogP contribution < -0.4 is 5.32 Å². The minimum Gasteiger partial charge on any atom is -0.481 e. The van der Waals surface area contributed by atoms with Gasteiger partial charge in [-0.2, -0.15) is 0 Å². The van der Waals surface area contributed by atoms with Crippen molar-refractivity contribution in [1.29, 1.82) is 0 Å². The largest absolute Gasteiger partial charge is 0.481 e. The van der Waals surface area contributed by atoms with Gasteiger partial charge in [-0.3, -0.25) is 9.59 Å². The van der Waals surface area contributed by atoms with Crippen LogP contribution in [0.1, 0.15) is 18.7 Å². The number of imidazole rings is 1. The molecule has 1 aromatic heterocycles. The summed E-state index contributed by atoms with van der Waals surface area (Å²) in [5.74, 6) is -0.277. The molecule has 0 spiro atoms. The third kappa shape index (κ3) is 5.06. The number of fused-ring (bicyclic) bond motifs is 1. The fourth-order valence-corrected chi connectivity index (χ4v) is 2.49. The molecule has 2 aromatic rings. The highest BCUT2D eigenvalue weighted by molar-refractivity contribution is 5.80. The summed E-state index contributed by atoms with van der Waals surface area (Å²) < 4.78 is 2.18. The molecule has 130 valence electrons. The van der Waals surface area contributed by atoms with Gasteiger partial charge in [0.05, 0.1) is 17.5 Å². The molecule has 0 radical (unpaired) electrons. The molecule has 0 aliphatic rings. The number of rotatable bonds is 9. The number of aromatic nitrogens is 2. The molecular weight excluding hydrogens is 308 g/mol. The molecular formula is C17H24N4O3. The second kappa shape index (κ2) is 8.44. The van der Waals surface area contributed by atoms with Crippen LogP contribution in [0.5, 0.6) is 0 Å². The van der Waals surface area contributed by atoms with E-state index in [2.05, 4.69) is 19.8 Å². The second-order valence-corrected chi connectivity index (χ2v) is 5.97. The van der Waals surface area contributed by atoms with E-state index in [0.29, 0.717) is 13.0 Å². The van der Waals surface area contributed by atoms with Gasteiger partial charge in [-0.05, 0) is 26.2 Å². The summed E-state index contributed by atoms with van der Waals surface area (Å²) in [4.78, 5) is 28.9. The number of benzene rings is 1. The fourth-order valence-electron chi connectivity index (χ4n) is 2.49. The number of carbonyl (C=O) groups excluding carboxylic acids is 1. The number of carboxylic acids is 1. The molecule has 7 heteroatoms. The van der Waals surface area contributed by atoms with Gasteiger partial charge in [0.15, 0.2) is 0 Å². The van der Waals surface area contributed by atoms with E-state index >= 15 is 0 Å². The van der Waals surface area contributed by atoms with Gasteiger partial charge < -0.3 is 19.9 Å². The van der Waals surface area contributed by atoms with Gasteiger partial charge in [-0.15, -0.1) is 0 Å². The molecule has 0 bridgehead atoms. The van der Waals surface area contributed by atoms with Crippen LogP contribution in [0.4, 0.5) is 0 Å². The topological polar surface area (TPSA) is 87.5 Å². The summed E-state index contributed by atoms with van der Waals surface area (Å²) in [5.41, 5.74) is 2.04. The molecule has 0 atom stereocenters. The summed E-state index contributed by atoms with van der Waals surface area (Å²) in [7, 11) is 4.06. The van der Waals surface area contributed by atoms with Crippen molar-refractivity contribution < 1.29 is 14.7 Å². The molecule has 7 nitrogen and oxygen atoms in total. The molecule has 0 unspecified atom stereocenters. The Hall–Kier alpha value is -2.41. The number of hydrogen-bond acceptors (Lipinski definition) is 4. The zero-order valence-electron chi connectivity index (χ0n) is 14.2. The summed E-state index contributed by atoms with van der Waals surface area (Å²) in [5, 5.41) is 11.3. The number of hydrogen-bond donors (Lipinski definition) is 2. The molecule has 0 aliphatic carbocycles. The Balaban J connectivity index is 2.00. The maximum absolute atomic E-state index is 11.6. The molecule has 0 aliphatic heterocycles. The predicted molar refractivity (Wildman–Crippen MR) is 91.9 cm³/mol. The van der Waals surface area contributed by atoms with Gasteiger partial charge in [0.2, 0.25) is 5.91 Å². The van der Waals surface area contributed by atoms with E-state index in [4.69, 9.17) is 5.11 Å². The van der Waals surface area contributed by atoms with Gasteiger partial charge in [-0.25, -0.2) is 4.98 Å². The molecule has 1 amide bonds. The molecule has 1 heterocycles. The van der Waals surface area contributed by atoms with Crippen LogP contribution in [0.15, 0.2) is 24.3 Å². The Bertz CT molecular complexity index is 709. The lowest BCUT2D eigenvalue weighted by Gasteiger charge is -2.13. The van der Waals surface area contributed by atoms with Gasteiger partial charge in [0, 0.05) is 32.5 Å². The first-order valence-electron chi connectivity index (χ1n) is 8.04. The highest BCUT2D eigenvalue weighted by atomic mass is 16.4. The summed E-state index contributed by atoms with van der Waals surface area (Å²) in [6.45, 7) is 2.18. The van der Waals surface area contributed by atoms with Crippen molar-refractivity contribution >= 4 is 22.9 Å². The number of likely N-dealkylation sites (N-methyl/N-ethyl adjacent to an activating group) is 1. The smallest absolute Gasteiger partial charge is 0.303 e. The zero-order valence-corrected chi connectivity index (χ0v) is 14.2. The molecule has 2 rings (SSSR count). The molecule has 24 heavy (non-hydrogen) atoms. The lowest BCUT2D eigenvalue weighted by molar-refractivity contribution is -0.138. The first-order chi connectivity index (χ1) is 11.5. The SMILES string of the molecule is CN(C)CCn1c(CCNC(=O)CCC(=O)O)nc2ccccc21. The lowest BCUT2D eigenvalue weighted by Crippen LogP contribution is -2.27. The standard InChI is InChI=1S/C17H24N4O3/c1-20(2)11-12-21-14-6-4-3-5-13(14)19-15(21)9-10-18-16(22)7-8-17(23)24/h3-6H,7-12H2,1-2H3,(H,18,22)(H,23,24). The van der Waals surface area contributed by atoms with Crippen molar-refractivity contribution in [3.05, 3.63) is 30.1 Å². The fraction of sp³-hybridized carbons (Fsp3) is 0.471. The van der Waals surface area contributed by atoms with Crippen molar-refractivity contribution in [2.45, 2.75) is 25.8 Å². The highest BCUT2D eigenvalue weighted by Crippen LogP contribution is 2.16. The van der Waals surface area contributed by atoms with Crippen molar-refractivity contribution in [3.63, 3.8) is 0 Å². The van der Waals surface area contributed by atoms with Crippen LogP contribution in [0.25, 0.3) is 11.0 Å². The Morgan fingerprint density at radius 3 is 2.71 bits per heavy atom. The summed E-state index contributed by atoms with van der Waals surface area (Å²) >= 11 is 0. The molecule has 1 aromatic carbocycles. The van der Waals surface area contributed by atoms with E-state index in [9.17, 15) is 9.59 Å². The number of carboxylic acid groups (broad SMARTS) is 1. The van der Waals surface area contributed by atoms with Crippen LogP contribution in [-0.4, -0.2) is 58.6 Å². The van der Waals surface area contributed by atoms with E-state index in [1.165, 1.54) is 0 Å². The van der Waals surface area contributed by atoms with Crippen molar-refractivity contribution in [3.8, 4) is 0 Å². The number of nitrogens with one attached hydrogen (secondary N) is 1. The first-order valence-corrected chi connectivity index (χ1v) is 8.04. The van der Waals surface area contributed by atoms with E-state index in [-0.39, 0.29) is 18.7 Å². The highest BCUT2D eigenvalue weighted by Gasteiger charge is 2.11. The number of carbonyl (C=O) groups is 2. The average Bonchev–Trinajstić information content (AvgIpc) is 2.88. The minimum atomic E-state index is -0.962. The third-order valence-corrected chi connectivity index (χ3v) is 3.74. The summed E-state index contributed by atoms with van der Waals surface area (Å²) in [6, 6.07) is 7.99. The maximum Gasteiger partial charge on any atom is 0.303 e. The lowest BCUT2D eigenvalue weighted by atomic mass is 10.3. The van der Waals surface area contributed by atoms with Gasteiger partial charge in [0.25, 0.3) is 0 Å². The minimum absolute atomic E-state index is 0.00633. The molecule has 0 saturated heterocycles. The van der Waals surface area contributed by atoms with Crippen molar-refractivity contribution in [2.75, 3.05) is 27.2 Å². The maximum atomic E-state index is 11.6. The first kappa shape index (κ1) is 17.9. The van der Waals surface area contributed by atoms with Crippen LogP contribution in [-0.2, 0) is 22.6 Å². The van der Waals surface area contributed by atoms with Gasteiger partial charge in [-0.1, -0.05) is 12.1 Å². The normalized spacial score (nSPS) is 11.1. The van der Waals surface area contributed by atoms with Crippen LogP contribution in [0.2, 0.25) is 0 Å². The van der Waals surface area contributed by atoms with Gasteiger partial charge >= 0.3 is 5.97 Å². The Morgan fingerprint density at radius 2 is 2.00 bits per heavy atom. The quantitative estimate of drug-likeness (QED) is 0.718. The third-order valence-electron chi connectivity index (χ3n) is 3.74. The molecule has 0 saturated carbocycles. The van der Waals surface area contributed by atoms with Gasteiger partial charge in [0.1, 0.15) is 5.82 Å². The van der Waals surface area contributed by atoms with E-state index in [0.717, 1.165) is 29.9 Å². The van der Waals surface area contributed by atoms with Crippen molar-refractivity contribution in [2.24, 2.45) is 0 Å². The number of amides is 1. The van der Waals surface area contributed by atoms with Crippen LogP contribution >= 0.6 is 0 Å². The Kier molecular flexibility index (Phi) is 6.31. The molecule has 0 fully saturated rings. The zero-order chi connectivity index (χ0) is 17.5. The summed E-state index contributed by atoms with van der Waals surface area (Å²) in [6.07, 6.45) is 0.473. The number of aliphatic carboxylic acids is 1. The second-order valence-electron chi connectivity index (χ2n) is 5.97. The average molecular weight is 332 g/mol. The Morgan fingerprint density at radius 1 is 1.25 bits per heavy atom. The van der Waals surface area contributed by atoms with E-state index in [1.54, 1.807) is 0 Å². The van der Waals surface area contributed by atoms with Crippen molar-refractivity contribution in [1.82, 2.24) is 19.8 Å². The van der Waals surface area contributed by atoms with E-state index in [1.807, 2.05) is 38.4 Å². The predicted octanol–water partition coefficient (Wildman–Crippen LogP) is 1.12.